The highest BCUT2D eigenvalue weighted by Gasteiger charge is 2.32. The van der Waals surface area contributed by atoms with Gasteiger partial charge in [0, 0.05) is 11.6 Å². The van der Waals surface area contributed by atoms with E-state index >= 15 is 0 Å². The van der Waals surface area contributed by atoms with Crippen LogP contribution in [0.1, 0.15) is 26.3 Å². The largest absolute Gasteiger partial charge is 0.265 e. The van der Waals surface area contributed by atoms with Crippen LogP contribution in [-0.4, -0.2) is 20.3 Å². The van der Waals surface area contributed by atoms with Crippen molar-refractivity contribution in [3.63, 3.8) is 0 Å². The summed E-state index contributed by atoms with van der Waals surface area (Å²) in [7, 11) is -3.49. The lowest BCUT2D eigenvalue weighted by Crippen LogP contribution is -2.24. The van der Waals surface area contributed by atoms with E-state index in [1.54, 1.807) is 19.1 Å². The Hall–Kier alpha value is -1.62. The fourth-order valence-electron chi connectivity index (χ4n) is 1.91. The van der Waals surface area contributed by atoms with Gasteiger partial charge in [-0.05, 0) is 26.3 Å². The molecular formula is C13H16N2O2S. The molecule has 0 aromatic heterocycles. The van der Waals surface area contributed by atoms with Gasteiger partial charge in [0.05, 0.1) is 0 Å². The number of amidine groups is 1. The summed E-state index contributed by atoms with van der Waals surface area (Å²) < 4.78 is 26.7. The summed E-state index contributed by atoms with van der Waals surface area (Å²) >= 11 is 0. The van der Waals surface area contributed by atoms with Gasteiger partial charge in [-0.25, -0.2) is 8.42 Å². The van der Waals surface area contributed by atoms with Crippen molar-refractivity contribution < 1.29 is 8.42 Å². The Morgan fingerprint density at radius 2 is 1.78 bits per heavy atom. The maximum Gasteiger partial charge on any atom is 0.264 e. The van der Waals surface area contributed by atoms with Crippen LogP contribution in [0.4, 0.5) is 0 Å². The second-order valence-electron chi connectivity index (χ2n) is 4.50. The Bertz CT molecular complexity index is 614. The minimum Gasteiger partial charge on any atom is -0.265 e. The Labute approximate surface area is 107 Å². The molecule has 1 aromatic carbocycles. The molecule has 0 bridgehead atoms. The number of benzene rings is 1. The summed E-state index contributed by atoms with van der Waals surface area (Å²) in [5, 5.41) is 0. The van der Waals surface area contributed by atoms with E-state index in [1.165, 1.54) is 0 Å². The Balaban J connectivity index is 2.60. The van der Waals surface area contributed by atoms with Gasteiger partial charge in [0.1, 0.15) is 10.7 Å². The number of sulfonamides is 1. The van der Waals surface area contributed by atoms with Crippen molar-refractivity contribution in [3.8, 4) is 0 Å². The SMILES string of the molecule is CC1=C(c2ccccc2)S(=O)(=O)NC1=NC(C)C. The Morgan fingerprint density at radius 3 is 2.33 bits per heavy atom. The van der Waals surface area contributed by atoms with Gasteiger partial charge in [-0.1, -0.05) is 30.3 Å². The van der Waals surface area contributed by atoms with Crippen LogP contribution < -0.4 is 4.72 Å². The van der Waals surface area contributed by atoms with Crippen molar-refractivity contribution in [1.29, 1.82) is 0 Å². The zero-order valence-corrected chi connectivity index (χ0v) is 11.5. The molecule has 0 aliphatic carbocycles. The third kappa shape index (κ3) is 2.31. The van der Waals surface area contributed by atoms with Crippen molar-refractivity contribution in [2.75, 3.05) is 0 Å². The standard InChI is InChI=1S/C13H16N2O2S/c1-9(2)14-13-10(3)12(18(16,17)15-13)11-7-5-4-6-8-11/h4-9H,1-3H3,(H,14,15). The lowest BCUT2D eigenvalue weighted by atomic mass is 10.1. The number of rotatable bonds is 2. The van der Waals surface area contributed by atoms with Crippen molar-refractivity contribution >= 4 is 20.8 Å². The fourth-order valence-corrected chi connectivity index (χ4v) is 3.42. The van der Waals surface area contributed by atoms with Gasteiger partial charge < -0.3 is 0 Å². The first-order chi connectivity index (χ1) is 8.42. The topological polar surface area (TPSA) is 58.5 Å². The van der Waals surface area contributed by atoms with Gasteiger partial charge in [0.2, 0.25) is 0 Å². The number of nitrogens with zero attached hydrogens (tertiary/aromatic N) is 1. The van der Waals surface area contributed by atoms with Crippen molar-refractivity contribution in [1.82, 2.24) is 4.72 Å². The number of aliphatic imine (C=N–C) groups is 1. The second-order valence-corrected chi connectivity index (χ2v) is 6.12. The Kier molecular flexibility index (Phi) is 3.26. The zero-order chi connectivity index (χ0) is 13.3. The smallest absolute Gasteiger partial charge is 0.264 e. The molecule has 1 aliphatic rings. The molecule has 0 amide bonds. The van der Waals surface area contributed by atoms with Crippen LogP contribution in [0.5, 0.6) is 0 Å². The first kappa shape index (κ1) is 12.8. The molecule has 0 fully saturated rings. The highest BCUT2D eigenvalue weighted by atomic mass is 32.2. The molecule has 0 unspecified atom stereocenters. The molecule has 2 rings (SSSR count). The first-order valence-corrected chi connectivity index (χ1v) is 7.27. The molecule has 1 heterocycles. The van der Waals surface area contributed by atoms with Crippen molar-refractivity contribution in [2.45, 2.75) is 26.8 Å². The molecule has 1 aromatic rings. The highest BCUT2D eigenvalue weighted by Crippen LogP contribution is 2.29. The van der Waals surface area contributed by atoms with E-state index in [0.29, 0.717) is 21.9 Å². The molecule has 0 saturated carbocycles. The molecular weight excluding hydrogens is 248 g/mol. The monoisotopic (exact) mass is 264 g/mol. The molecule has 0 radical (unpaired) electrons. The summed E-state index contributed by atoms with van der Waals surface area (Å²) in [6.07, 6.45) is 0. The van der Waals surface area contributed by atoms with Crippen LogP contribution in [0, 0.1) is 0 Å². The summed E-state index contributed by atoms with van der Waals surface area (Å²) in [5.41, 5.74) is 1.37. The third-order valence-corrected chi connectivity index (χ3v) is 4.16. The maximum absolute atomic E-state index is 12.1. The van der Waals surface area contributed by atoms with Crippen LogP contribution in [0.2, 0.25) is 0 Å². The summed E-state index contributed by atoms with van der Waals surface area (Å²) in [4.78, 5) is 4.62. The number of nitrogens with one attached hydrogen (secondary N) is 1. The quantitative estimate of drug-likeness (QED) is 0.889. The normalized spacial score (nSPS) is 20.6. The predicted octanol–water partition coefficient (Wildman–Crippen LogP) is 2.16. The van der Waals surface area contributed by atoms with E-state index in [2.05, 4.69) is 9.71 Å². The molecule has 0 atom stereocenters. The predicted molar refractivity (Wildman–Crippen MR) is 73.7 cm³/mol. The minimum absolute atomic E-state index is 0.0489. The van der Waals surface area contributed by atoms with E-state index < -0.39 is 10.0 Å². The lowest BCUT2D eigenvalue weighted by Gasteiger charge is -2.02. The molecule has 1 N–H and O–H groups in total. The number of hydrogen-bond acceptors (Lipinski definition) is 3. The van der Waals surface area contributed by atoms with Crippen molar-refractivity contribution in [3.05, 3.63) is 41.5 Å². The zero-order valence-electron chi connectivity index (χ0n) is 10.6. The van der Waals surface area contributed by atoms with E-state index in [1.807, 2.05) is 32.0 Å². The molecule has 5 heteroatoms. The molecule has 4 nitrogen and oxygen atoms in total. The van der Waals surface area contributed by atoms with Gasteiger partial charge in [-0.2, -0.15) is 0 Å². The summed E-state index contributed by atoms with van der Waals surface area (Å²) in [5.74, 6) is 0.448. The van der Waals surface area contributed by atoms with Gasteiger partial charge in [-0.3, -0.25) is 9.71 Å². The molecule has 18 heavy (non-hydrogen) atoms. The van der Waals surface area contributed by atoms with Crippen LogP contribution in [0.15, 0.2) is 40.9 Å². The molecule has 0 saturated heterocycles. The van der Waals surface area contributed by atoms with E-state index in [9.17, 15) is 8.42 Å². The van der Waals surface area contributed by atoms with Crippen LogP contribution >= 0.6 is 0 Å². The molecule has 0 spiro atoms. The van der Waals surface area contributed by atoms with Crippen LogP contribution in [0.25, 0.3) is 4.91 Å². The summed E-state index contributed by atoms with van der Waals surface area (Å²) in [6, 6.07) is 9.13. The number of hydrogen-bond donors (Lipinski definition) is 1. The third-order valence-electron chi connectivity index (χ3n) is 2.62. The highest BCUT2D eigenvalue weighted by molar-refractivity contribution is 8.00. The molecule has 1 aliphatic heterocycles. The van der Waals surface area contributed by atoms with Gasteiger partial charge in [0.25, 0.3) is 10.0 Å². The van der Waals surface area contributed by atoms with Gasteiger partial charge in [0.15, 0.2) is 0 Å². The maximum atomic E-state index is 12.1. The van der Waals surface area contributed by atoms with E-state index in [-0.39, 0.29) is 6.04 Å². The van der Waals surface area contributed by atoms with Crippen LogP contribution in [-0.2, 0) is 10.0 Å². The average molecular weight is 264 g/mol. The van der Waals surface area contributed by atoms with Gasteiger partial charge in [-0.15, -0.1) is 0 Å². The molecule has 96 valence electrons. The first-order valence-electron chi connectivity index (χ1n) is 5.79. The summed E-state index contributed by atoms with van der Waals surface area (Å²) in [6.45, 7) is 5.60. The van der Waals surface area contributed by atoms with Crippen LogP contribution in [0.3, 0.4) is 0 Å². The van der Waals surface area contributed by atoms with Gasteiger partial charge >= 0.3 is 0 Å². The second kappa shape index (κ2) is 4.57. The average Bonchev–Trinajstić information content (AvgIpc) is 2.49. The van der Waals surface area contributed by atoms with E-state index in [4.69, 9.17) is 0 Å². The van der Waals surface area contributed by atoms with E-state index in [0.717, 1.165) is 0 Å². The fraction of sp³-hybridized carbons (Fsp3) is 0.308. The Morgan fingerprint density at radius 1 is 1.17 bits per heavy atom. The minimum atomic E-state index is -3.49. The lowest BCUT2D eigenvalue weighted by molar-refractivity contribution is 0.603. The van der Waals surface area contributed by atoms with Crippen molar-refractivity contribution in [2.24, 2.45) is 4.99 Å².